The number of hydrogen-bond donors (Lipinski definition) is 0. The van der Waals surface area contributed by atoms with Gasteiger partial charge in [-0.2, -0.15) is 0 Å². The fraction of sp³-hybridized carbons (Fsp3) is 0.200. The van der Waals surface area contributed by atoms with Gasteiger partial charge < -0.3 is 14.4 Å². The molecular formula is C25H22FNO4. The molecule has 1 aliphatic heterocycles. The van der Waals surface area contributed by atoms with E-state index in [4.69, 9.17) is 9.47 Å². The molecular weight excluding hydrogens is 397 g/mol. The molecule has 158 valence electrons. The van der Waals surface area contributed by atoms with Crippen LogP contribution in [0.2, 0.25) is 0 Å². The summed E-state index contributed by atoms with van der Waals surface area (Å²) in [6, 6.07) is 20.2. The summed E-state index contributed by atoms with van der Waals surface area (Å²) in [7, 11) is 1.33. The third-order valence-electron chi connectivity index (χ3n) is 5.44. The second kappa shape index (κ2) is 8.60. The monoisotopic (exact) mass is 419 g/mol. The average Bonchev–Trinajstić information content (AvgIpc) is 2.80. The smallest absolute Gasteiger partial charge is 0.337 e. The summed E-state index contributed by atoms with van der Waals surface area (Å²) in [5, 5.41) is 0. The van der Waals surface area contributed by atoms with Gasteiger partial charge in [0.25, 0.3) is 5.91 Å². The number of likely N-dealkylation sites (tertiary alicyclic amines) is 1. The Morgan fingerprint density at radius 3 is 2.32 bits per heavy atom. The maximum absolute atomic E-state index is 13.3. The highest BCUT2D eigenvalue weighted by Gasteiger charge is 2.50. The average molecular weight is 419 g/mol. The molecule has 0 aliphatic carbocycles. The number of hydrogen-bond acceptors (Lipinski definition) is 4. The first-order valence-corrected chi connectivity index (χ1v) is 9.93. The van der Waals surface area contributed by atoms with E-state index < -0.39 is 12.1 Å². The molecule has 3 aromatic carbocycles. The van der Waals surface area contributed by atoms with E-state index in [0.717, 1.165) is 16.7 Å². The van der Waals surface area contributed by atoms with Crippen LogP contribution in [0.1, 0.15) is 33.1 Å². The van der Waals surface area contributed by atoms with E-state index >= 15 is 0 Å². The molecule has 0 spiro atoms. The van der Waals surface area contributed by atoms with Gasteiger partial charge in [0.15, 0.2) is 0 Å². The molecule has 1 aliphatic rings. The molecule has 0 aromatic heterocycles. The maximum atomic E-state index is 13.3. The van der Waals surface area contributed by atoms with Crippen molar-refractivity contribution in [3.63, 3.8) is 0 Å². The SMILES string of the molecule is COC(=O)c1ccc([C@@H]2[C@H](Oc3ccccc3C)C(=O)N2Cc2ccc(F)cc2)cc1. The van der Waals surface area contributed by atoms with Crippen molar-refractivity contribution in [2.24, 2.45) is 0 Å². The number of nitrogens with zero attached hydrogens (tertiary/aromatic N) is 1. The fourth-order valence-corrected chi connectivity index (χ4v) is 3.71. The van der Waals surface area contributed by atoms with Crippen LogP contribution in [0, 0.1) is 12.7 Å². The van der Waals surface area contributed by atoms with Crippen LogP contribution in [0.5, 0.6) is 5.75 Å². The minimum absolute atomic E-state index is 0.144. The Balaban J connectivity index is 1.63. The molecule has 2 atom stereocenters. The minimum Gasteiger partial charge on any atom is -0.478 e. The quantitative estimate of drug-likeness (QED) is 0.438. The van der Waals surface area contributed by atoms with Crippen molar-refractivity contribution in [3.8, 4) is 5.75 Å². The molecule has 31 heavy (non-hydrogen) atoms. The van der Waals surface area contributed by atoms with Crippen LogP contribution in [-0.2, 0) is 16.1 Å². The molecule has 6 heteroatoms. The van der Waals surface area contributed by atoms with E-state index in [0.29, 0.717) is 17.9 Å². The normalized spacial score (nSPS) is 17.8. The summed E-state index contributed by atoms with van der Waals surface area (Å²) < 4.78 is 24.1. The Morgan fingerprint density at radius 2 is 1.68 bits per heavy atom. The first-order valence-electron chi connectivity index (χ1n) is 9.93. The maximum Gasteiger partial charge on any atom is 0.337 e. The Kier molecular flexibility index (Phi) is 5.71. The van der Waals surface area contributed by atoms with E-state index in [1.54, 1.807) is 41.3 Å². The zero-order chi connectivity index (χ0) is 22.0. The lowest BCUT2D eigenvalue weighted by Gasteiger charge is -2.47. The molecule has 0 unspecified atom stereocenters. The van der Waals surface area contributed by atoms with E-state index in [1.807, 2.05) is 31.2 Å². The summed E-state index contributed by atoms with van der Waals surface area (Å²) >= 11 is 0. The number of aryl methyl sites for hydroxylation is 1. The van der Waals surface area contributed by atoms with Gasteiger partial charge in [0.05, 0.1) is 12.7 Å². The van der Waals surface area contributed by atoms with Crippen LogP contribution in [0.3, 0.4) is 0 Å². The molecule has 0 N–H and O–H groups in total. The lowest BCUT2D eigenvalue weighted by molar-refractivity contribution is -0.165. The molecule has 1 fully saturated rings. The van der Waals surface area contributed by atoms with Gasteiger partial charge >= 0.3 is 5.97 Å². The van der Waals surface area contributed by atoms with Gasteiger partial charge in [-0.3, -0.25) is 4.79 Å². The molecule has 0 radical (unpaired) electrons. The van der Waals surface area contributed by atoms with Crippen molar-refractivity contribution in [1.29, 1.82) is 0 Å². The first kappa shape index (κ1) is 20.6. The number of ether oxygens (including phenoxy) is 2. The van der Waals surface area contributed by atoms with Gasteiger partial charge in [-0.1, -0.05) is 42.5 Å². The fourth-order valence-electron chi connectivity index (χ4n) is 3.71. The van der Waals surface area contributed by atoms with Crippen LogP contribution in [0.15, 0.2) is 72.8 Å². The van der Waals surface area contributed by atoms with Crippen molar-refractivity contribution >= 4 is 11.9 Å². The molecule has 3 aromatic rings. The van der Waals surface area contributed by atoms with Gasteiger partial charge in [-0.25, -0.2) is 9.18 Å². The number of esters is 1. The Labute approximate surface area is 180 Å². The number of rotatable bonds is 6. The summed E-state index contributed by atoms with van der Waals surface area (Å²) in [5.74, 6) is -0.241. The highest BCUT2D eigenvalue weighted by molar-refractivity contribution is 5.90. The summed E-state index contributed by atoms with van der Waals surface area (Å²) in [6.45, 7) is 2.26. The summed E-state index contributed by atoms with van der Waals surface area (Å²) in [5.41, 5.74) is 3.03. The molecule has 0 bridgehead atoms. The number of halogens is 1. The van der Waals surface area contributed by atoms with Gasteiger partial charge in [0.1, 0.15) is 17.6 Å². The van der Waals surface area contributed by atoms with Crippen LogP contribution >= 0.6 is 0 Å². The standard InChI is InChI=1S/C25H22FNO4/c1-16-5-3-4-6-21(16)31-23-22(18-9-11-19(12-10-18)25(29)30-2)27(24(23)28)15-17-7-13-20(26)14-8-17/h3-14,22-23H,15H2,1-2H3/t22-,23+/m1/s1. The van der Waals surface area contributed by atoms with Crippen molar-refractivity contribution in [2.75, 3.05) is 7.11 Å². The Morgan fingerprint density at radius 1 is 1.00 bits per heavy atom. The van der Waals surface area contributed by atoms with Crippen LogP contribution < -0.4 is 4.74 Å². The zero-order valence-electron chi connectivity index (χ0n) is 17.2. The van der Waals surface area contributed by atoms with E-state index in [9.17, 15) is 14.0 Å². The predicted molar refractivity (Wildman–Crippen MR) is 113 cm³/mol. The minimum atomic E-state index is -0.689. The van der Waals surface area contributed by atoms with Crippen LogP contribution in [-0.4, -0.2) is 30.0 Å². The van der Waals surface area contributed by atoms with Crippen LogP contribution in [0.4, 0.5) is 4.39 Å². The van der Waals surface area contributed by atoms with Gasteiger partial charge in [0, 0.05) is 6.54 Å². The van der Waals surface area contributed by atoms with Crippen molar-refractivity contribution in [3.05, 3.63) is 101 Å². The topological polar surface area (TPSA) is 55.8 Å². The highest BCUT2D eigenvalue weighted by Crippen LogP contribution is 2.39. The predicted octanol–water partition coefficient (Wildman–Crippen LogP) is 4.45. The van der Waals surface area contributed by atoms with Gasteiger partial charge in [-0.15, -0.1) is 0 Å². The highest BCUT2D eigenvalue weighted by atomic mass is 19.1. The zero-order valence-corrected chi connectivity index (χ0v) is 17.2. The van der Waals surface area contributed by atoms with Gasteiger partial charge in [-0.05, 0) is 53.9 Å². The van der Waals surface area contributed by atoms with E-state index in [-0.39, 0.29) is 17.8 Å². The lowest BCUT2D eigenvalue weighted by atomic mass is 9.89. The molecule has 4 rings (SSSR count). The number of methoxy groups -OCH3 is 1. The number of carbonyl (C=O) groups excluding carboxylic acids is 2. The van der Waals surface area contributed by atoms with Crippen molar-refractivity contribution in [2.45, 2.75) is 25.6 Å². The Hall–Kier alpha value is -3.67. The number of carbonyl (C=O) groups is 2. The largest absolute Gasteiger partial charge is 0.478 e. The third-order valence-corrected chi connectivity index (χ3v) is 5.44. The number of amides is 1. The Bertz CT molecular complexity index is 1100. The van der Waals surface area contributed by atoms with Crippen molar-refractivity contribution < 1.29 is 23.5 Å². The first-order chi connectivity index (χ1) is 15.0. The summed E-state index contributed by atoms with van der Waals surface area (Å²) in [6.07, 6.45) is -0.689. The molecule has 5 nitrogen and oxygen atoms in total. The molecule has 0 saturated carbocycles. The molecule has 1 saturated heterocycles. The molecule has 1 amide bonds. The second-order valence-corrected chi connectivity index (χ2v) is 7.45. The summed E-state index contributed by atoms with van der Waals surface area (Å²) in [4.78, 5) is 26.5. The van der Waals surface area contributed by atoms with Gasteiger partial charge in [0.2, 0.25) is 6.10 Å². The van der Waals surface area contributed by atoms with E-state index in [1.165, 1.54) is 19.2 Å². The third kappa shape index (κ3) is 4.14. The van der Waals surface area contributed by atoms with Crippen molar-refractivity contribution in [1.82, 2.24) is 4.90 Å². The number of benzene rings is 3. The number of para-hydroxylation sites is 1. The van der Waals surface area contributed by atoms with E-state index in [2.05, 4.69) is 0 Å². The second-order valence-electron chi connectivity index (χ2n) is 7.45. The number of β-lactam (4-membered cyclic amide) rings is 1. The lowest BCUT2D eigenvalue weighted by Crippen LogP contribution is -2.60. The molecule has 1 heterocycles. The van der Waals surface area contributed by atoms with Crippen LogP contribution in [0.25, 0.3) is 0 Å².